The summed E-state index contributed by atoms with van der Waals surface area (Å²) < 4.78 is 19.7. The van der Waals surface area contributed by atoms with E-state index in [-0.39, 0.29) is 16.6 Å². The Morgan fingerprint density at radius 3 is 2.41 bits per heavy atom. The van der Waals surface area contributed by atoms with Gasteiger partial charge in [0.2, 0.25) is 0 Å². The van der Waals surface area contributed by atoms with Gasteiger partial charge in [-0.3, -0.25) is 4.79 Å². The van der Waals surface area contributed by atoms with Gasteiger partial charge in [-0.25, -0.2) is 13.9 Å². The lowest BCUT2D eigenvalue weighted by Gasteiger charge is -2.28. The third-order valence-corrected chi connectivity index (χ3v) is 5.05. The van der Waals surface area contributed by atoms with Crippen molar-refractivity contribution in [3.63, 3.8) is 0 Å². The highest BCUT2D eigenvalue weighted by atomic mass is 35.5. The van der Waals surface area contributed by atoms with Gasteiger partial charge in [-0.2, -0.15) is 10.4 Å². The minimum absolute atomic E-state index is 0.00236. The number of hydrogen-bond acceptors (Lipinski definition) is 5. The van der Waals surface area contributed by atoms with Gasteiger partial charge in [0.25, 0.3) is 5.91 Å². The molecule has 2 aromatic rings. The fourth-order valence-corrected chi connectivity index (χ4v) is 2.77. The third kappa shape index (κ3) is 4.74. The molecule has 0 radical (unpaired) electrons. The van der Waals surface area contributed by atoms with Crippen LogP contribution in [0, 0.1) is 30.0 Å². The lowest BCUT2D eigenvalue weighted by molar-refractivity contribution is -0.130. The van der Waals surface area contributed by atoms with E-state index in [0.717, 1.165) is 0 Å². The number of carbonyl (C=O) groups is 2. The van der Waals surface area contributed by atoms with E-state index < -0.39 is 29.3 Å². The van der Waals surface area contributed by atoms with E-state index >= 15 is 0 Å². The van der Waals surface area contributed by atoms with Crippen LogP contribution in [0.15, 0.2) is 24.3 Å². The van der Waals surface area contributed by atoms with Crippen LogP contribution in [-0.2, 0) is 9.53 Å². The van der Waals surface area contributed by atoms with Crippen molar-refractivity contribution >= 4 is 23.5 Å². The minimum Gasteiger partial charge on any atom is -0.449 e. The largest absolute Gasteiger partial charge is 0.449 e. The number of hydrogen-bond donors (Lipinski definition) is 1. The Bertz CT molecular complexity index is 965. The zero-order chi connectivity index (χ0) is 21.9. The molecule has 9 heteroatoms. The Hall–Kier alpha value is -2.92. The summed E-state index contributed by atoms with van der Waals surface area (Å²) in [4.78, 5) is 25.0. The van der Waals surface area contributed by atoms with E-state index in [2.05, 4.69) is 16.5 Å². The molecule has 1 aromatic carbocycles. The average Bonchev–Trinajstić information content (AvgIpc) is 2.96. The monoisotopic (exact) mass is 420 g/mol. The summed E-state index contributed by atoms with van der Waals surface area (Å²) in [7, 11) is 0. The SMILES string of the molecule is Cc1nn(-c2ccc(F)cc2)c(Cl)c1C(=O)O[C@H](C)C(=O)N[C@@](C)(C#N)C(C)C. The van der Waals surface area contributed by atoms with Crippen molar-refractivity contribution in [1.82, 2.24) is 15.1 Å². The number of aromatic nitrogens is 2. The first-order chi connectivity index (χ1) is 13.5. The molecule has 0 saturated carbocycles. The summed E-state index contributed by atoms with van der Waals surface area (Å²) in [5.74, 6) is -1.99. The summed E-state index contributed by atoms with van der Waals surface area (Å²) >= 11 is 6.29. The van der Waals surface area contributed by atoms with Crippen molar-refractivity contribution in [3.8, 4) is 11.8 Å². The zero-order valence-corrected chi connectivity index (χ0v) is 17.5. The molecule has 2 rings (SSSR count). The van der Waals surface area contributed by atoms with Gasteiger partial charge in [0, 0.05) is 0 Å². The lowest BCUT2D eigenvalue weighted by Crippen LogP contribution is -2.52. The number of aryl methyl sites for hydroxylation is 1. The number of amides is 1. The molecule has 1 aromatic heterocycles. The fraction of sp³-hybridized carbons (Fsp3) is 0.400. The summed E-state index contributed by atoms with van der Waals surface area (Å²) in [5.41, 5.74) is -0.340. The van der Waals surface area contributed by atoms with Gasteiger partial charge in [-0.05, 0) is 51.0 Å². The van der Waals surface area contributed by atoms with Gasteiger partial charge >= 0.3 is 5.97 Å². The number of nitriles is 1. The molecule has 0 bridgehead atoms. The molecule has 1 amide bonds. The average molecular weight is 421 g/mol. The maximum Gasteiger partial charge on any atom is 0.344 e. The molecule has 1 N–H and O–H groups in total. The number of nitrogens with zero attached hydrogens (tertiary/aromatic N) is 3. The number of benzene rings is 1. The van der Waals surface area contributed by atoms with Gasteiger partial charge in [-0.1, -0.05) is 25.4 Å². The zero-order valence-electron chi connectivity index (χ0n) is 16.8. The number of halogens is 2. The standard InChI is InChI=1S/C20H22ClFN4O3/c1-11(2)20(5,10-23)24-18(27)13(4)29-19(28)16-12(3)25-26(17(16)21)15-8-6-14(22)7-9-15/h6-9,11,13H,1-5H3,(H,24,27)/t13-,20+/m1/s1. The van der Waals surface area contributed by atoms with Crippen LogP contribution >= 0.6 is 11.6 Å². The molecular weight excluding hydrogens is 399 g/mol. The Labute approximate surface area is 173 Å². The fourth-order valence-electron chi connectivity index (χ4n) is 2.42. The third-order valence-electron chi connectivity index (χ3n) is 4.70. The van der Waals surface area contributed by atoms with Gasteiger partial charge in [0.15, 0.2) is 6.10 Å². The van der Waals surface area contributed by atoms with Crippen LogP contribution in [0.4, 0.5) is 4.39 Å². The predicted octanol–water partition coefficient (Wildman–Crippen LogP) is 3.57. The highest BCUT2D eigenvalue weighted by Gasteiger charge is 2.33. The van der Waals surface area contributed by atoms with Gasteiger partial charge in [0.05, 0.1) is 17.5 Å². The highest BCUT2D eigenvalue weighted by Crippen LogP contribution is 2.25. The quantitative estimate of drug-likeness (QED) is 0.720. The van der Waals surface area contributed by atoms with Crippen LogP contribution in [0.2, 0.25) is 5.15 Å². The van der Waals surface area contributed by atoms with Crippen molar-refractivity contribution < 1.29 is 18.7 Å². The second-order valence-electron chi connectivity index (χ2n) is 7.15. The van der Waals surface area contributed by atoms with E-state index in [9.17, 15) is 19.2 Å². The van der Waals surface area contributed by atoms with Crippen molar-refractivity contribution in [3.05, 3.63) is 46.5 Å². The normalized spacial score (nSPS) is 14.0. The van der Waals surface area contributed by atoms with E-state index in [1.807, 2.05) is 0 Å². The molecule has 0 saturated heterocycles. The number of esters is 1. The smallest absolute Gasteiger partial charge is 0.344 e. The molecule has 0 aliphatic heterocycles. The summed E-state index contributed by atoms with van der Waals surface area (Å²) in [6.07, 6.45) is -1.15. The first kappa shape index (κ1) is 22.4. The molecule has 0 aliphatic carbocycles. The Morgan fingerprint density at radius 2 is 1.90 bits per heavy atom. The van der Waals surface area contributed by atoms with E-state index in [0.29, 0.717) is 11.4 Å². The van der Waals surface area contributed by atoms with Crippen LogP contribution in [-0.4, -0.2) is 33.3 Å². The first-order valence-electron chi connectivity index (χ1n) is 8.95. The number of carbonyl (C=O) groups excluding carboxylic acids is 2. The molecule has 7 nitrogen and oxygen atoms in total. The minimum atomic E-state index is -1.15. The van der Waals surface area contributed by atoms with Gasteiger partial charge < -0.3 is 10.1 Å². The maximum atomic E-state index is 13.1. The maximum absolute atomic E-state index is 13.1. The van der Waals surface area contributed by atoms with Crippen molar-refractivity contribution in [2.75, 3.05) is 0 Å². The van der Waals surface area contributed by atoms with Crippen LogP contribution in [0.1, 0.15) is 43.7 Å². The van der Waals surface area contributed by atoms with Crippen molar-refractivity contribution in [1.29, 1.82) is 5.26 Å². The van der Waals surface area contributed by atoms with Crippen LogP contribution in [0.3, 0.4) is 0 Å². The Morgan fingerprint density at radius 1 is 1.31 bits per heavy atom. The molecular formula is C20H22ClFN4O3. The van der Waals surface area contributed by atoms with E-state index in [1.54, 1.807) is 27.7 Å². The summed E-state index contributed by atoms with van der Waals surface area (Å²) in [6, 6.07) is 7.48. The van der Waals surface area contributed by atoms with Gasteiger partial charge in [0.1, 0.15) is 22.1 Å². The molecule has 154 valence electrons. The van der Waals surface area contributed by atoms with Crippen LogP contribution in [0.25, 0.3) is 5.69 Å². The van der Waals surface area contributed by atoms with Crippen molar-refractivity contribution in [2.24, 2.45) is 5.92 Å². The molecule has 0 fully saturated rings. The van der Waals surface area contributed by atoms with E-state index in [4.69, 9.17) is 16.3 Å². The van der Waals surface area contributed by atoms with Crippen LogP contribution in [0.5, 0.6) is 0 Å². The predicted molar refractivity (Wildman–Crippen MR) is 105 cm³/mol. The molecule has 1 heterocycles. The van der Waals surface area contributed by atoms with Crippen LogP contribution < -0.4 is 5.32 Å². The Kier molecular flexibility index (Phi) is 6.65. The Balaban J connectivity index is 2.20. The lowest BCUT2D eigenvalue weighted by atomic mass is 9.90. The molecule has 29 heavy (non-hydrogen) atoms. The van der Waals surface area contributed by atoms with Gasteiger partial charge in [-0.15, -0.1) is 0 Å². The molecule has 0 unspecified atom stereocenters. The number of ether oxygens (including phenoxy) is 1. The summed E-state index contributed by atoms with van der Waals surface area (Å²) in [6.45, 7) is 8.16. The van der Waals surface area contributed by atoms with Crippen molar-refractivity contribution in [2.45, 2.75) is 46.3 Å². The second-order valence-corrected chi connectivity index (χ2v) is 7.50. The highest BCUT2D eigenvalue weighted by molar-refractivity contribution is 6.33. The molecule has 0 aliphatic rings. The molecule has 2 atom stereocenters. The summed E-state index contributed by atoms with van der Waals surface area (Å²) in [5, 5.41) is 16.1. The first-order valence-corrected chi connectivity index (χ1v) is 9.33. The second kappa shape index (κ2) is 8.62. The topological polar surface area (TPSA) is 97.0 Å². The number of nitrogens with one attached hydrogen (secondary N) is 1. The molecule has 0 spiro atoms. The number of rotatable bonds is 6. The van der Waals surface area contributed by atoms with E-state index in [1.165, 1.54) is 35.9 Å².